The number of rotatable bonds is 3. The van der Waals surface area contributed by atoms with Gasteiger partial charge >= 0.3 is 0 Å². The number of dihydropyridines is 1. The van der Waals surface area contributed by atoms with Crippen LogP contribution < -0.4 is 0 Å². The van der Waals surface area contributed by atoms with Crippen molar-refractivity contribution in [2.24, 2.45) is 4.99 Å². The molecule has 0 bridgehead atoms. The largest absolute Gasteiger partial charge is 0.489 e. The quantitative estimate of drug-likeness (QED) is 0.879. The normalized spacial score (nSPS) is 31.4. The lowest BCUT2D eigenvalue weighted by molar-refractivity contribution is -0.116. The second-order valence-electron chi connectivity index (χ2n) is 7.19. The summed E-state index contributed by atoms with van der Waals surface area (Å²) in [5, 5.41) is 6.50. The van der Waals surface area contributed by atoms with Crippen molar-refractivity contribution in [3.63, 3.8) is 0 Å². The van der Waals surface area contributed by atoms with Crippen molar-refractivity contribution in [3.8, 4) is 0 Å². The maximum Gasteiger partial charge on any atom is 0.264 e. The fourth-order valence-corrected chi connectivity index (χ4v) is 5.35. The number of allylic oxidation sites excluding steroid dienone is 1. The van der Waals surface area contributed by atoms with Crippen LogP contribution in [-0.2, 0) is 9.53 Å². The summed E-state index contributed by atoms with van der Waals surface area (Å²) in [5.41, 5.74) is 3.79. The number of amides is 1. The topological polar surface area (TPSA) is 70.6 Å². The van der Waals surface area contributed by atoms with Crippen LogP contribution >= 0.6 is 11.8 Å². The van der Waals surface area contributed by atoms with Crippen LogP contribution in [0.15, 0.2) is 34.3 Å². The van der Waals surface area contributed by atoms with E-state index in [1.54, 1.807) is 6.20 Å². The Morgan fingerprint density at radius 3 is 3.12 bits per heavy atom. The highest BCUT2D eigenvalue weighted by atomic mass is 32.2. The summed E-state index contributed by atoms with van der Waals surface area (Å²) in [7, 11) is 0. The Bertz CT molecular complexity index is 861. The van der Waals surface area contributed by atoms with E-state index in [2.05, 4.69) is 15.2 Å². The van der Waals surface area contributed by atoms with Gasteiger partial charge in [0.2, 0.25) is 0 Å². The van der Waals surface area contributed by atoms with E-state index in [-0.39, 0.29) is 17.3 Å². The van der Waals surface area contributed by atoms with Gasteiger partial charge in [-0.2, -0.15) is 5.10 Å². The minimum Gasteiger partial charge on any atom is -0.489 e. The molecule has 1 aromatic heterocycles. The first-order valence-electron chi connectivity index (χ1n) is 8.88. The molecule has 3 atom stereocenters. The van der Waals surface area contributed by atoms with Crippen LogP contribution in [0.5, 0.6) is 0 Å². The minimum atomic E-state index is -0.779. The molecule has 4 aliphatic rings. The number of H-pyrrole nitrogens is 1. The monoisotopic (exact) mass is 374 g/mol. The first kappa shape index (κ1) is 16.3. The number of alkyl halides is 1. The molecule has 6 nitrogen and oxygen atoms in total. The second-order valence-corrected chi connectivity index (χ2v) is 8.30. The molecule has 136 valence electrons. The van der Waals surface area contributed by atoms with E-state index in [1.165, 1.54) is 11.8 Å². The lowest BCUT2D eigenvalue weighted by Gasteiger charge is -2.32. The Kier molecular flexibility index (Phi) is 3.79. The van der Waals surface area contributed by atoms with E-state index in [9.17, 15) is 9.18 Å². The number of hydrogen-bond donors (Lipinski definition) is 1. The van der Waals surface area contributed by atoms with Gasteiger partial charge in [-0.25, -0.2) is 9.38 Å². The number of carbonyl (C=O) groups excluding carboxylic acids is 1. The van der Waals surface area contributed by atoms with Gasteiger partial charge in [0.15, 0.2) is 0 Å². The van der Waals surface area contributed by atoms with Crippen molar-refractivity contribution in [3.05, 3.63) is 34.9 Å². The first-order chi connectivity index (χ1) is 12.6. The van der Waals surface area contributed by atoms with Gasteiger partial charge in [-0.15, -0.1) is 11.8 Å². The average Bonchev–Trinajstić information content (AvgIpc) is 3.32. The molecule has 5 rings (SSSR count). The maximum absolute atomic E-state index is 13.5. The van der Waals surface area contributed by atoms with Crippen molar-refractivity contribution in [2.75, 3.05) is 19.6 Å². The standard InChI is InChI=1S/C18H19FN4O2S/c1-9-4-12-13(8-23-3-2-11(19)7-23)22-18(24)17-14(12)15(25-9)16(26-17)10-5-20-21-6-10/h5-6,9,11,17H,2-4,7-8H2,1H3,(H,20,21)/t9-,11+,17?/m1/s1. The summed E-state index contributed by atoms with van der Waals surface area (Å²) in [5.74, 6) is 0.648. The molecular weight excluding hydrogens is 355 g/mol. The van der Waals surface area contributed by atoms with Gasteiger partial charge in [-0.05, 0) is 18.9 Å². The van der Waals surface area contributed by atoms with Crippen LogP contribution in [0.4, 0.5) is 4.39 Å². The zero-order valence-electron chi connectivity index (χ0n) is 14.4. The summed E-state index contributed by atoms with van der Waals surface area (Å²) in [4.78, 5) is 20.1. The smallest absolute Gasteiger partial charge is 0.264 e. The minimum absolute atomic E-state index is 0.0101. The van der Waals surface area contributed by atoms with Crippen molar-refractivity contribution < 1.29 is 13.9 Å². The van der Waals surface area contributed by atoms with Crippen LogP contribution in [0, 0.1) is 0 Å². The number of nitrogens with one attached hydrogen (secondary N) is 1. The molecule has 4 aliphatic heterocycles. The van der Waals surface area contributed by atoms with Gasteiger partial charge < -0.3 is 4.74 Å². The Hall–Kier alpha value is -1.93. The number of aliphatic imine (C=N–C) groups is 1. The summed E-state index contributed by atoms with van der Waals surface area (Å²) in [6, 6.07) is 0. The number of halogens is 1. The number of aromatic nitrogens is 2. The molecule has 26 heavy (non-hydrogen) atoms. The molecule has 1 aromatic rings. The predicted octanol–water partition coefficient (Wildman–Crippen LogP) is 2.32. The Morgan fingerprint density at radius 2 is 2.38 bits per heavy atom. The zero-order valence-corrected chi connectivity index (χ0v) is 15.2. The number of nitrogens with zero attached hydrogens (tertiary/aromatic N) is 3. The van der Waals surface area contributed by atoms with Crippen LogP contribution in [-0.4, -0.2) is 63.9 Å². The van der Waals surface area contributed by atoms with Gasteiger partial charge in [-0.3, -0.25) is 14.8 Å². The number of likely N-dealkylation sites (tertiary alicyclic amines) is 1. The molecule has 1 unspecified atom stereocenters. The lowest BCUT2D eigenvalue weighted by Crippen LogP contribution is -2.37. The fraction of sp³-hybridized carbons (Fsp3) is 0.500. The van der Waals surface area contributed by atoms with E-state index in [0.29, 0.717) is 26.1 Å². The van der Waals surface area contributed by atoms with Gasteiger partial charge in [-0.1, -0.05) is 0 Å². The highest BCUT2D eigenvalue weighted by molar-refractivity contribution is 8.10. The number of aromatic amines is 1. The van der Waals surface area contributed by atoms with E-state index in [4.69, 9.17) is 4.74 Å². The summed E-state index contributed by atoms with van der Waals surface area (Å²) >= 11 is 1.49. The van der Waals surface area contributed by atoms with E-state index < -0.39 is 6.17 Å². The number of thioether (sulfide) groups is 1. The summed E-state index contributed by atoms with van der Waals surface area (Å²) < 4.78 is 19.7. The third kappa shape index (κ3) is 2.54. The van der Waals surface area contributed by atoms with Crippen LogP contribution in [0.25, 0.3) is 4.91 Å². The maximum atomic E-state index is 13.5. The molecule has 0 saturated carbocycles. The molecule has 1 saturated heterocycles. The van der Waals surface area contributed by atoms with Crippen LogP contribution in [0.3, 0.4) is 0 Å². The SMILES string of the molecule is C[C@@H]1CC2=C3C(=C(c4cn[nH]c4)SC3C(=O)N=C2CN2CC[C@H](F)C2)O1. The molecule has 1 N–H and O–H groups in total. The molecule has 0 aromatic carbocycles. The van der Waals surface area contributed by atoms with Gasteiger partial charge in [0.25, 0.3) is 5.91 Å². The summed E-state index contributed by atoms with van der Waals surface area (Å²) in [6.07, 6.45) is 4.07. The molecule has 0 radical (unpaired) electrons. The molecule has 1 amide bonds. The number of ether oxygens (including phenoxy) is 1. The van der Waals surface area contributed by atoms with Gasteiger partial charge in [0.05, 0.1) is 16.8 Å². The molecule has 8 heteroatoms. The van der Waals surface area contributed by atoms with Crippen molar-refractivity contribution in [2.45, 2.75) is 37.3 Å². The summed E-state index contributed by atoms with van der Waals surface area (Å²) in [6.45, 7) is 3.69. The Morgan fingerprint density at radius 1 is 1.50 bits per heavy atom. The van der Waals surface area contributed by atoms with Gasteiger partial charge in [0, 0.05) is 43.4 Å². The van der Waals surface area contributed by atoms with Crippen molar-refractivity contribution in [1.29, 1.82) is 0 Å². The first-order valence-corrected chi connectivity index (χ1v) is 9.76. The van der Waals surface area contributed by atoms with Crippen LogP contribution in [0.2, 0.25) is 0 Å². The van der Waals surface area contributed by atoms with Gasteiger partial charge in [0.1, 0.15) is 23.3 Å². The highest BCUT2D eigenvalue weighted by Gasteiger charge is 2.46. The van der Waals surface area contributed by atoms with E-state index in [1.807, 2.05) is 18.0 Å². The Labute approximate surface area is 154 Å². The molecule has 1 fully saturated rings. The zero-order chi connectivity index (χ0) is 17.8. The number of hydrogen-bond acceptors (Lipinski definition) is 5. The van der Waals surface area contributed by atoms with Crippen molar-refractivity contribution >= 4 is 28.3 Å². The van der Waals surface area contributed by atoms with E-state index in [0.717, 1.165) is 39.5 Å². The van der Waals surface area contributed by atoms with Crippen molar-refractivity contribution in [1.82, 2.24) is 15.1 Å². The third-order valence-corrected chi connectivity index (χ3v) is 6.58. The number of carbonyl (C=O) groups is 1. The average molecular weight is 374 g/mol. The van der Waals surface area contributed by atoms with E-state index >= 15 is 0 Å². The second kappa shape index (κ2) is 6.06. The fourth-order valence-electron chi connectivity index (χ4n) is 4.08. The molecule has 5 heterocycles. The predicted molar refractivity (Wildman–Crippen MR) is 97.5 cm³/mol. The molecular formula is C18H19FN4O2S. The third-order valence-electron chi connectivity index (χ3n) is 5.25. The lowest BCUT2D eigenvalue weighted by atomic mass is 9.88. The Balaban J connectivity index is 1.56. The highest BCUT2D eigenvalue weighted by Crippen LogP contribution is 2.53. The molecule has 0 spiro atoms. The molecule has 0 aliphatic carbocycles. The van der Waals surface area contributed by atoms with Crippen LogP contribution in [0.1, 0.15) is 25.3 Å².